The zero-order valence-electron chi connectivity index (χ0n) is 14.2. The molecule has 0 saturated carbocycles. The standard InChI is InChI=1S/C18H22N2O4S/c1-13-7-8-16(14-5-4-9-19-17(13)14)25(21,22)20-10-3-2-6-15(20)18-23-11-12-24-18/h4-5,7-9,15,18H,2-3,6,10-12H2,1H3. The summed E-state index contributed by atoms with van der Waals surface area (Å²) < 4.78 is 39.7. The summed E-state index contributed by atoms with van der Waals surface area (Å²) in [4.78, 5) is 4.68. The first-order valence-electron chi connectivity index (χ1n) is 8.68. The average Bonchev–Trinajstić information content (AvgIpc) is 3.17. The molecule has 2 aromatic rings. The molecule has 0 amide bonds. The molecule has 134 valence electrons. The summed E-state index contributed by atoms with van der Waals surface area (Å²) in [6, 6.07) is 6.84. The first-order chi connectivity index (χ1) is 12.1. The normalized spacial score (nSPS) is 23.3. The lowest BCUT2D eigenvalue weighted by molar-refractivity contribution is -0.0913. The molecule has 2 fully saturated rings. The first kappa shape index (κ1) is 16.9. The molecule has 0 bridgehead atoms. The van der Waals surface area contributed by atoms with Gasteiger partial charge < -0.3 is 9.47 Å². The highest BCUT2D eigenvalue weighted by Gasteiger charge is 2.41. The molecule has 7 heteroatoms. The maximum absolute atomic E-state index is 13.5. The zero-order chi connectivity index (χ0) is 17.4. The molecule has 0 aliphatic carbocycles. The van der Waals surface area contributed by atoms with Crippen LogP contribution in [0.5, 0.6) is 0 Å². The number of hydrogen-bond acceptors (Lipinski definition) is 5. The Morgan fingerprint density at radius 2 is 1.96 bits per heavy atom. The van der Waals surface area contributed by atoms with E-state index in [2.05, 4.69) is 4.98 Å². The van der Waals surface area contributed by atoms with E-state index >= 15 is 0 Å². The van der Waals surface area contributed by atoms with Gasteiger partial charge in [0, 0.05) is 18.1 Å². The van der Waals surface area contributed by atoms with Crippen LogP contribution in [0.25, 0.3) is 10.9 Å². The fourth-order valence-corrected chi connectivity index (χ4v) is 5.61. The summed E-state index contributed by atoms with van der Waals surface area (Å²) in [6.07, 6.45) is 3.81. The fourth-order valence-electron chi connectivity index (χ4n) is 3.74. The van der Waals surface area contributed by atoms with Gasteiger partial charge in [-0.1, -0.05) is 12.5 Å². The smallest absolute Gasteiger partial charge is 0.244 e. The Labute approximate surface area is 147 Å². The molecule has 0 N–H and O–H groups in total. The molecule has 2 saturated heterocycles. The van der Waals surface area contributed by atoms with Crippen molar-refractivity contribution in [1.29, 1.82) is 0 Å². The largest absolute Gasteiger partial charge is 0.349 e. The highest BCUT2D eigenvalue weighted by Crippen LogP contribution is 2.33. The number of fused-ring (bicyclic) bond motifs is 1. The number of pyridine rings is 1. The molecular formula is C18H22N2O4S. The molecule has 6 nitrogen and oxygen atoms in total. The molecule has 1 aromatic carbocycles. The summed E-state index contributed by atoms with van der Waals surface area (Å²) in [5.74, 6) is 0. The third-order valence-electron chi connectivity index (χ3n) is 4.98. The van der Waals surface area contributed by atoms with Gasteiger partial charge in [0.05, 0.1) is 29.7 Å². The van der Waals surface area contributed by atoms with Crippen LogP contribution in [0.2, 0.25) is 0 Å². The second-order valence-corrected chi connectivity index (χ2v) is 8.43. The average molecular weight is 362 g/mol. The highest BCUT2D eigenvalue weighted by molar-refractivity contribution is 7.89. The first-order valence-corrected chi connectivity index (χ1v) is 10.1. The van der Waals surface area contributed by atoms with Crippen LogP contribution in [0, 0.1) is 6.92 Å². The van der Waals surface area contributed by atoms with Crippen molar-refractivity contribution in [2.45, 2.75) is 43.4 Å². The van der Waals surface area contributed by atoms with Gasteiger partial charge in [-0.2, -0.15) is 4.31 Å². The summed E-state index contributed by atoms with van der Waals surface area (Å²) >= 11 is 0. The van der Waals surface area contributed by atoms with Crippen LogP contribution in [-0.2, 0) is 19.5 Å². The Hall–Kier alpha value is -1.54. The Bertz CT molecular complexity index is 878. The monoisotopic (exact) mass is 362 g/mol. The van der Waals surface area contributed by atoms with Crippen LogP contribution < -0.4 is 0 Å². The zero-order valence-corrected chi connectivity index (χ0v) is 15.0. The SMILES string of the molecule is Cc1ccc(S(=O)(=O)N2CCCCC2C2OCCO2)c2cccnc12. The molecule has 2 aliphatic rings. The number of benzene rings is 1. The van der Waals surface area contributed by atoms with E-state index in [0.717, 1.165) is 30.3 Å². The molecule has 1 unspecified atom stereocenters. The highest BCUT2D eigenvalue weighted by atomic mass is 32.2. The number of aromatic nitrogens is 1. The Kier molecular flexibility index (Phi) is 4.49. The van der Waals surface area contributed by atoms with Gasteiger partial charge in [-0.15, -0.1) is 0 Å². The predicted molar refractivity (Wildman–Crippen MR) is 93.7 cm³/mol. The van der Waals surface area contributed by atoms with Crippen molar-refractivity contribution >= 4 is 20.9 Å². The van der Waals surface area contributed by atoms with E-state index in [4.69, 9.17) is 9.47 Å². The lowest BCUT2D eigenvalue weighted by atomic mass is 10.0. The number of aryl methyl sites for hydroxylation is 1. The van der Waals surface area contributed by atoms with Gasteiger partial charge >= 0.3 is 0 Å². The van der Waals surface area contributed by atoms with E-state index in [0.29, 0.717) is 30.0 Å². The lowest BCUT2D eigenvalue weighted by Gasteiger charge is -2.37. The van der Waals surface area contributed by atoms with Crippen molar-refractivity contribution in [3.8, 4) is 0 Å². The summed E-state index contributed by atoms with van der Waals surface area (Å²) in [5, 5.41) is 0.667. The second kappa shape index (κ2) is 6.64. The van der Waals surface area contributed by atoms with Crippen molar-refractivity contribution in [1.82, 2.24) is 9.29 Å². The van der Waals surface area contributed by atoms with Crippen molar-refractivity contribution in [2.24, 2.45) is 0 Å². The minimum atomic E-state index is -3.66. The van der Waals surface area contributed by atoms with Crippen LogP contribution >= 0.6 is 0 Å². The maximum atomic E-state index is 13.5. The van der Waals surface area contributed by atoms with Crippen LogP contribution in [0.1, 0.15) is 24.8 Å². The van der Waals surface area contributed by atoms with Gasteiger partial charge in [-0.3, -0.25) is 4.98 Å². The molecule has 1 atom stereocenters. The fraction of sp³-hybridized carbons (Fsp3) is 0.500. The molecule has 0 radical (unpaired) electrons. The summed E-state index contributed by atoms with van der Waals surface area (Å²) in [5.41, 5.74) is 1.69. The van der Waals surface area contributed by atoms with Gasteiger partial charge in [0.1, 0.15) is 0 Å². The van der Waals surface area contributed by atoms with Crippen LogP contribution in [0.3, 0.4) is 0 Å². The van der Waals surface area contributed by atoms with Crippen molar-refractivity contribution < 1.29 is 17.9 Å². The Balaban J connectivity index is 1.79. The summed E-state index contributed by atoms with van der Waals surface area (Å²) in [7, 11) is -3.66. The van der Waals surface area contributed by atoms with Gasteiger partial charge in [-0.05, 0) is 43.5 Å². The number of hydrogen-bond donors (Lipinski definition) is 0. The number of ether oxygens (including phenoxy) is 2. The maximum Gasteiger partial charge on any atom is 0.244 e. The number of nitrogens with zero attached hydrogens (tertiary/aromatic N) is 2. The molecular weight excluding hydrogens is 340 g/mol. The quantitative estimate of drug-likeness (QED) is 0.839. The van der Waals surface area contributed by atoms with Crippen LogP contribution in [0.4, 0.5) is 0 Å². The second-order valence-electron chi connectivity index (χ2n) is 6.57. The number of sulfonamides is 1. The van der Waals surface area contributed by atoms with Crippen molar-refractivity contribution in [2.75, 3.05) is 19.8 Å². The Morgan fingerprint density at radius 3 is 2.76 bits per heavy atom. The number of piperidine rings is 1. The van der Waals surface area contributed by atoms with E-state index in [-0.39, 0.29) is 6.04 Å². The van der Waals surface area contributed by atoms with Gasteiger partial charge in [0.2, 0.25) is 10.0 Å². The molecule has 4 rings (SSSR count). The third-order valence-corrected chi connectivity index (χ3v) is 6.96. The van der Waals surface area contributed by atoms with Gasteiger partial charge in [0.15, 0.2) is 6.29 Å². The molecule has 3 heterocycles. The van der Waals surface area contributed by atoms with E-state index in [1.54, 1.807) is 22.6 Å². The van der Waals surface area contributed by atoms with E-state index < -0.39 is 16.3 Å². The molecule has 2 aliphatic heterocycles. The van der Waals surface area contributed by atoms with Crippen LogP contribution in [0.15, 0.2) is 35.4 Å². The third kappa shape index (κ3) is 2.95. The van der Waals surface area contributed by atoms with E-state index in [1.165, 1.54) is 0 Å². The lowest BCUT2D eigenvalue weighted by Crippen LogP contribution is -2.50. The predicted octanol–water partition coefficient (Wildman–Crippen LogP) is 2.46. The van der Waals surface area contributed by atoms with Crippen molar-refractivity contribution in [3.05, 3.63) is 36.0 Å². The molecule has 1 aromatic heterocycles. The number of rotatable bonds is 3. The van der Waals surface area contributed by atoms with Gasteiger partial charge in [-0.25, -0.2) is 8.42 Å². The Morgan fingerprint density at radius 1 is 1.16 bits per heavy atom. The molecule has 25 heavy (non-hydrogen) atoms. The summed E-state index contributed by atoms with van der Waals surface area (Å²) in [6.45, 7) is 3.47. The van der Waals surface area contributed by atoms with E-state index in [1.807, 2.05) is 19.1 Å². The minimum Gasteiger partial charge on any atom is -0.349 e. The molecule has 0 spiro atoms. The topological polar surface area (TPSA) is 68.7 Å². The van der Waals surface area contributed by atoms with Gasteiger partial charge in [0.25, 0.3) is 0 Å². The van der Waals surface area contributed by atoms with Crippen LogP contribution in [-0.4, -0.2) is 49.8 Å². The minimum absolute atomic E-state index is 0.269. The van der Waals surface area contributed by atoms with E-state index in [9.17, 15) is 8.42 Å². The van der Waals surface area contributed by atoms with Crippen molar-refractivity contribution in [3.63, 3.8) is 0 Å².